The van der Waals surface area contributed by atoms with Gasteiger partial charge in [-0.15, -0.1) is 11.3 Å². The number of rotatable bonds is 7. The lowest BCUT2D eigenvalue weighted by Gasteiger charge is -2.16. The Morgan fingerprint density at radius 2 is 1.83 bits per heavy atom. The second-order valence-corrected chi connectivity index (χ2v) is 8.08. The van der Waals surface area contributed by atoms with E-state index in [0.29, 0.717) is 24.3 Å². The summed E-state index contributed by atoms with van der Waals surface area (Å²) in [5.74, 6) is 0.721. The molecule has 6 heteroatoms. The smallest absolute Gasteiger partial charge is 0.257 e. The molecule has 2 aromatic heterocycles. The van der Waals surface area contributed by atoms with Gasteiger partial charge in [-0.1, -0.05) is 36.4 Å². The fourth-order valence-electron chi connectivity index (χ4n) is 3.31. The highest BCUT2D eigenvalue weighted by Gasteiger charge is 2.21. The average Bonchev–Trinajstić information content (AvgIpc) is 3.44. The van der Waals surface area contributed by atoms with Crippen LogP contribution in [0.5, 0.6) is 5.75 Å². The Hall–Kier alpha value is -3.38. The number of thiophene rings is 1. The van der Waals surface area contributed by atoms with Crippen molar-refractivity contribution in [3.8, 4) is 17.0 Å². The van der Waals surface area contributed by atoms with Gasteiger partial charge in [-0.3, -0.25) is 9.48 Å². The molecule has 0 unspecified atom stereocenters. The minimum Gasteiger partial charge on any atom is -0.497 e. The topological polar surface area (TPSA) is 47.4 Å². The molecular weight excluding hydrogens is 394 g/mol. The van der Waals surface area contributed by atoms with Crippen LogP contribution < -0.4 is 4.74 Å². The van der Waals surface area contributed by atoms with Crippen LogP contribution in [0.1, 0.15) is 20.8 Å². The molecule has 0 aliphatic carbocycles. The summed E-state index contributed by atoms with van der Waals surface area (Å²) in [7, 11) is 3.46. The van der Waals surface area contributed by atoms with Crippen molar-refractivity contribution in [3.05, 3.63) is 94.3 Å². The van der Waals surface area contributed by atoms with Gasteiger partial charge < -0.3 is 9.64 Å². The maximum Gasteiger partial charge on any atom is 0.257 e. The van der Waals surface area contributed by atoms with Crippen LogP contribution in [0.2, 0.25) is 0 Å². The fraction of sp³-hybridized carbons (Fsp3) is 0.167. The third-order valence-corrected chi connectivity index (χ3v) is 5.72. The Bertz CT molecular complexity index is 1100. The highest BCUT2D eigenvalue weighted by Crippen LogP contribution is 2.26. The minimum absolute atomic E-state index is 0.0477. The SMILES string of the molecule is COc1ccc(-c2nn(Cc3ccccc3)cc2C(=O)N(C)Cc2cccs2)cc1. The van der Waals surface area contributed by atoms with Crippen molar-refractivity contribution in [2.75, 3.05) is 14.2 Å². The summed E-state index contributed by atoms with van der Waals surface area (Å²) in [5.41, 5.74) is 3.29. The standard InChI is InChI=1S/C24H23N3O2S/c1-26(16-21-9-6-14-30-21)24(28)22-17-27(15-18-7-4-3-5-8-18)25-23(22)19-10-12-20(29-2)13-11-19/h3-14,17H,15-16H2,1-2H3. The Kier molecular flexibility index (Phi) is 5.95. The Morgan fingerprint density at radius 1 is 1.07 bits per heavy atom. The van der Waals surface area contributed by atoms with Gasteiger partial charge in [0.2, 0.25) is 0 Å². The number of carbonyl (C=O) groups is 1. The number of methoxy groups -OCH3 is 1. The molecule has 0 radical (unpaired) electrons. The molecule has 5 nitrogen and oxygen atoms in total. The van der Waals surface area contributed by atoms with Gasteiger partial charge in [0.15, 0.2) is 0 Å². The van der Waals surface area contributed by atoms with Crippen LogP contribution >= 0.6 is 11.3 Å². The van der Waals surface area contributed by atoms with Crippen LogP contribution in [0.4, 0.5) is 0 Å². The zero-order valence-electron chi connectivity index (χ0n) is 17.0. The number of ether oxygens (including phenoxy) is 1. The lowest BCUT2D eigenvalue weighted by molar-refractivity contribution is 0.0787. The van der Waals surface area contributed by atoms with E-state index in [-0.39, 0.29) is 5.91 Å². The molecule has 152 valence electrons. The molecule has 0 N–H and O–H groups in total. The van der Waals surface area contributed by atoms with Gasteiger partial charge in [0.05, 0.1) is 25.8 Å². The zero-order valence-corrected chi connectivity index (χ0v) is 17.8. The van der Waals surface area contributed by atoms with Crippen LogP contribution in [0.15, 0.2) is 78.3 Å². The molecule has 0 bridgehead atoms. The van der Waals surface area contributed by atoms with Crippen molar-refractivity contribution in [1.82, 2.24) is 14.7 Å². The number of hydrogen-bond acceptors (Lipinski definition) is 4. The third kappa shape index (κ3) is 4.44. The fourth-order valence-corrected chi connectivity index (χ4v) is 4.06. The van der Waals surface area contributed by atoms with Crippen LogP contribution in [-0.4, -0.2) is 34.7 Å². The Morgan fingerprint density at radius 3 is 2.50 bits per heavy atom. The van der Waals surface area contributed by atoms with Gasteiger partial charge in [0.1, 0.15) is 11.4 Å². The largest absolute Gasteiger partial charge is 0.497 e. The predicted molar refractivity (Wildman–Crippen MR) is 120 cm³/mol. The summed E-state index contributed by atoms with van der Waals surface area (Å²) < 4.78 is 7.10. The van der Waals surface area contributed by atoms with Crippen LogP contribution in [0, 0.1) is 0 Å². The summed E-state index contributed by atoms with van der Waals surface area (Å²) in [6.45, 7) is 1.17. The first-order valence-corrected chi connectivity index (χ1v) is 10.6. The van der Waals surface area contributed by atoms with Gasteiger partial charge in [0.25, 0.3) is 5.91 Å². The lowest BCUT2D eigenvalue weighted by atomic mass is 10.1. The quantitative estimate of drug-likeness (QED) is 0.428. The van der Waals surface area contributed by atoms with Gasteiger partial charge in [-0.25, -0.2) is 0 Å². The number of amides is 1. The van der Waals surface area contributed by atoms with E-state index in [9.17, 15) is 4.79 Å². The molecule has 0 aliphatic rings. The average molecular weight is 418 g/mol. The van der Waals surface area contributed by atoms with E-state index >= 15 is 0 Å². The molecule has 1 amide bonds. The number of carbonyl (C=O) groups excluding carboxylic acids is 1. The van der Waals surface area contributed by atoms with E-state index in [2.05, 4.69) is 12.1 Å². The van der Waals surface area contributed by atoms with Gasteiger partial charge in [-0.05, 0) is 41.3 Å². The van der Waals surface area contributed by atoms with Gasteiger partial charge in [-0.2, -0.15) is 5.10 Å². The first kappa shape index (κ1) is 19.9. The lowest BCUT2D eigenvalue weighted by Crippen LogP contribution is -2.26. The molecule has 0 spiro atoms. The monoisotopic (exact) mass is 417 g/mol. The Balaban J connectivity index is 1.67. The maximum absolute atomic E-state index is 13.3. The van der Waals surface area contributed by atoms with E-state index in [1.807, 2.05) is 77.9 Å². The van der Waals surface area contributed by atoms with Crippen LogP contribution in [-0.2, 0) is 13.1 Å². The second-order valence-electron chi connectivity index (χ2n) is 7.04. The molecule has 30 heavy (non-hydrogen) atoms. The summed E-state index contributed by atoms with van der Waals surface area (Å²) in [5, 5.41) is 6.78. The van der Waals surface area contributed by atoms with E-state index in [1.54, 1.807) is 23.3 Å². The van der Waals surface area contributed by atoms with E-state index in [1.165, 1.54) is 0 Å². The molecule has 4 rings (SSSR count). The summed E-state index contributed by atoms with van der Waals surface area (Å²) >= 11 is 1.65. The minimum atomic E-state index is -0.0477. The molecule has 0 saturated carbocycles. The first-order chi connectivity index (χ1) is 14.6. The molecular formula is C24H23N3O2S. The van der Waals surface area contributed by atoms with Gasteiger partial charge >= 0.3 is 0 Å². The summed E-state index contributed by atoms with van der Waals surface area (Å²) in [4.78, 5) is 16.2. The third-order valence-electron chi connectivity index (χ3n) is 4.86. The van der Waals surface area contributed by atoms with Crippen molar-refractivity contribution in [2.24, 2.45) is 0 Å². The molecule has 0 saturated heterocycles. The number of aromatic nitrogens is 2. The Labute approximate surface area is 180 Å². The van der Waals surface area contributed by atoms with Crippen molar-refractivity contribution >= 4 is 17.2 Å². The van der Waals surface area contributed by atoms with Crippen molar-refractivity contribution in [3.63, 3.8) is 0 Å². The normalized spacial score (nSPS) is 10.7. The highest BCUT2D eigenvalue weighted by atomic mass is 32.1. The van der Waals surface area contributed by atoms with Crippen molar-refractivity contribution < 1.29 is 9.53 Å². The van der Waals surface area contributed by atoms with Crippen LogP contribution in [0.3, 0.4) is 0 Å². The molecule has 0 atom stereocenters. The zero-order chi connectivity index (χ0) is 20.9. The maximum atomic E-state index is 13.3. The number of hydrogen-bond donors (Lipinski definition) is 0. The van der Waals surface area contributed by atoms with Crippen molar-refractivity contribution in [2.45, 2.75) is 13.1 Å². The summed E-state index contributed by atoms with van der Waals surface area (Å²) in [6, 6.07) is 21.8. The highest BCUT2D eigenvalue weighted by molar-refractivity contribution is 7.09. The molecule has 2 heterocycles. The van der Waals surface area contributed by atoms with E-state index in [4.69, 9.17) is 9.84 Å². The first-order valence-electron chi connectivity index (χ1n) is 9.67. The molecule has 4 aromatic rings. The number of nitrogens with zero attached hydrogens (tertiary/aromatic N) is 3. The molecule has 2 aromatic carbocycles. The number of benzene rings is 2. The van der Waals surface area contributed by atoms with Crippen LogP contribution in [0.25, 0.3) is 11.3 Å². The van der Waals surface area contributed by atoms with Gasteiger partial charge in [0, 0.05) is 23.7 Å². The van der Waals surface area contributed by atoms with Crippen molar-refractivity contribution in [1.29, 1.82) is 0 Å². The summed E-state index contributed by atoms with van der Waals surface area (Å²) in [6.07, 6.45) is 1.85. The predicted octanol–water partition coefficient (Wildman–Crippen LogP) is 4.94. The van der Waals surface area contributed by atoms with E-state index < -0.39 is 0 Å². The van der Waals surface area contributed by atoms with E-state index in [0.717, 1.165) is 21.8 Å². The second kappa shape index (κ2) is 8.97. The molecule has 0 fully saturated rings. The molecule has 0 aliphatic heterocycles.